The lowest BCUT2D eigenvalue weighted by Gasteiger charge is -2.36. The van der Waals surface area contributed by atoms with E-state index in [1.807, 2.05) is 77.2 Å². The number of Topliss-reactive ketones (excluding diaryl/α,β-unsaturated/α-hetero) is 2. The number of carbonyl (C=O) groups is 3. The van der Waals surface area contributed by atoms with Gasteiger partial charge in [-0.2, -0.15) is 0 Å². The summed E-state index contributed by atoms with van der Waals surface area (Å²) in [4.78, 5) is 50.5. The molecule has 2 heterocycles. The lowest BCUT2D eigenvalue weighted by Crippen LogP contribution is -2.43. The maximum atomic E-state index is 14.1. The van der Waals surface area contributed by atoms with Crippen LogP contribution in [0.4, 0.5) is 13.6 Å². The number of rotatable bonds is 24. The Hall–Kier alpha value is -7.47. The molecule has 2 aliphatic carbocycles. The fourth-order valence-electron chi connectivity index (χ4n) is 9.18. The molecule has 9 rings (SSSR count). The van der Waals surface area contributed by atoms with Gasteiger partial charge in [0.15, 0.2) is 34.6 Å². The van der Waals surface area contributed by atoms with Gasteiger partial charge in [-0.25, -0.2) is 23.5 Å². The van der Waals surface area contributed by atoms with Crippen molar-refractivity contribution in [2.24, 2.45) is 0 Å². The van der Waals surface area contributed by atoms with Crippen LogP contribution in [0.3, 0.4) is 0 Å². The molecule has 86 heavy (non-hydrogen) atoms. The summed E-state index contributed by atoms with van der Waals surface area (Å²) in [5.41, 5.74) is 1.70. The number of ketones is 2. The van der Waals surface area contributed by atoms with Crippen molar-refractivity contribution in [3.63, 3.8) is 0 Å². The standard InChI is InChI=1S/C38H40ClFN2O6.C30H34ClFN2O4/c1-37(2,42(4)36(44)47-23-24-9-7-6-8-10-24)27-21-31(25-11-15-30(40)29(39)19-25)41-35(22-27)38(3,45)18-17-32(43)26-12-16-33(34(20-26)46-5)48-28-13-14-28;1-29(2,33-4)20-16-24(18-6-10-23(32)22(31)14-18)34-28(17-20)30(3,36)13-12-25(35)19-7-11-26(27(15-19)37-5)38-21-8-9-21/h6-12,15-16,19-22,28,45H,13-14,17-18,23H2,1-5H3;6-7,10-11,14-17,21,33,36H,8-9,12-13H2,1-5H3. The van der Waals surface area contributed by atoms with Crippen LogP contribution < -0.4 is 24.3 Å². The van der Waals surface area contributed by atoms with Crippen molar-refractivity contribution in [2.75, 3.05) is 28.3 Å². The third-order valence-corrected chi connectivity index (χ3v) is 16.4. The number of amides is 1. The highest BCUT2D eigenvalue weighted by Gasteiger charge is 2.36. The average Bonchev–Trinajstić information content (AvgIpc) is 1.48. The van der Waals surface area contributed by atoms with E-state index in [2.05, 4.69) is 5.32 Å². The van der Waals surface area contributed by atoms with Crippen LogP contribution in [0.5, 0.6) is 23.0 Å². The Balaban J connectivity index is 0.000000230. The number of pyridine rings is 2. The summed E-state index contributed by atoms with van der Waals surface area (Å²) >= 11 is 12.2. The van der Waals surface area contributed by atoms with Crippen molar-refractivity contribution in [1.29, 1.82) is 0 Å². The van der Waals surface area contributed by atoms with Crippen LogP contribution in [0.2, 0.25) is 10.0 Å². The van der Waals surface area contributed by atoms with Gasteiger partial charge in [-0.05, 0) is 201 Å². The van der Waals surface area contributed by atoms with Gasteiger partial charge < -0.3 is 44.1 Å². The predicted molar refractivity (Wildman–Crippen MR) is 328 cm³/mol. The third kappa shape index (κ3) is 16.1. The largest absolute Gasteiger partial charge is 0.493 e. The number of ether oxygens (including phenoxy) is 5. The van der Waals surface area contributed by atoms with Gasteiger partial charge in [0.2, 0.25) is 0 Å². The summed E-state index contributed by atoms with van der Waals surface area (Å²) in [7, 11) is 6.56. The molecule has 0 bridgehead atoms. The minimum Gasteiger partial charge on any atom is -0.493 e. The first-order valence-corrected chi connectivity index (χ1v) is 29.3. The molecule has 5 aromatic carbocycles. The van der Waals surface area contributed by atoms with Crippen LogP contribution in [-0.4, -0.2) is 83.3 Å². The SMILES string of the molecule is CNC(C)(C)c1cc(-c2ccc(F)c(Cl)c2)nc(C(C)(O)CCC(=O)c2ccc(OC3CC3)c(OC)c2)c1.COc1cc(C(=O)CCC(C)(O)c2cc(C(C)(C)N(C)C(=O)OCc3ccccc3)cc(-c3ccc(F)c(Cl)c3)n2)ccc1OC1CC1. The summed E-state index contributed by atoms with van der Waals surface area (Å²) in [6.07, 6.45) is 4.19. The highest BCUT2D eigenvalue weighted by molar-refractivity contribution is 6.31. The molecule has 1 amide bonds. The molecule has 18 heteroatoms. The van der Waals surface area contributed by atoms with Gasteiger partial charge in [0.1, 0.15) is 29.4 Å². The molecule has 2 fully saturated rings. The van der Waals surface area contributed by atoms with Crippen LogP contribution in [0.25, 0.3) is 22.5 Å². The Morgan fingerprint density at radius 3 is 1.47 bits per heavy atom. The molecule has 0 spiro atoms. The van der Waals surface area contributed by atoms with Crippen LogP contribution in [0.15, 0.2) is 127 Å². The lowest BCUT2D eigenvalue weighted by molar-refractivity contribution is 0.0392. The molecule has 2 saturated carbocycles. The first-order valence-electron chi connectivity index (χ1n) is 28.5. The first-order chi connectivity index (χ1) is 40.7. The fourth-order valence-corrected chi connectivity index (χ4v) is 9.54. The molecular formula is C68H74Cl2F2N4O10. The van der Waals surface area contributed by atoms with Crippen LogP contribution >= 0.6 is 23.2 Å². The van der Waals surface area contributed by atoms with Gasteiger partial charge in [0.05, 0.1) is 64.8 Å². The molecule has 3 N–H and O–H groups in total. The van der Waals surface area contributed by atoms with E-state index in [-0.39, 0.29) is 71.8 Å². The van der Waals surface area contributed by atoms with Crippen molar-refractivity contribution >= 4 is 40.9 Å². The van der Waals surface area contributed by atoms with Crippen molar-refractivity contribution in [3.05, 3.63) is 188 Å². The zero-order chi connectivity index (χ0) is 62.3. The number of carbonyl (C=O) groups excluding carboxylic acids is 3. The van der Waals surface area contributed by atoms with E-state index in [1.165, 1.54) is 36.3 Å². The van der Waals surface area contributed by atoms with Gasteiger partial charge in [-0.1, -0.05) is 53.5 Å². The number of benzene rings is 5. The zero-order valence-electron chi connectivity index (χ0n) is 50.2. The van der Waals surface area contributed by atoms with E-state index in [1.54, 1.807) is 88.7 Å². The second-order valence-corrected chi connectivity index (χ2v) is 24.1. The Labute approximate surface area is 511 Å². The molecule has 2 aliphatic rings. The quantitative estimate of drug-likeness (QED) is 0.0487. The Morgan fingerprint density at radius 1 is 0.605 bits per heavy atom. The predicted octanol–water partition coefficient (Wildman–Crippen LogP) is 14.9. The van der Waals surface area contributed by atoms with Crippen LogP contribution in [0.1, 0.15) is 142 Å². The molecule has 2 atom stereocenters. The maximum absolute atomic E-state index is 14.1. The number of nitrogens with zero attached hydrogens (tertiary/aromatic N) is 3. The average molecular weight is 1220 g/mol. The van der Waals surface area contributed by atoms with Crippen molar-refractivity contribution in [1.82, 2.24) is 20.2 Å². The normalized spacial score (nSPS) is 14.6. The molecule has 2 unspecified atom stereocenters. The minimum atomic E-state index is -1.56. The Bertz CT molecular complexity index is 3590. The van der Waals surface area contributed by atoms with Gasteiger partial charge in [0.25, 0.3) is 0 Å². The molecule has 14 nitrogen and oxygen atoms in total. The van der Waals surface area contributed by atoms with Crippen LogP contribution in [0, 0.1) is 11.6 Å². The molecule has 454 valence electrons. The zero-order valence-corrected chi connectivity index (χ0v) is 51.7. The second-order valence-electron chi connectivity index (χ2n) is 23.3. The minimum absolute atomic E-state index is 0.00883. The molecular weight excluding hydrogens is 1140 g/mol. The Morgan fingerprint density at radius 2 is 1.05 bits per heavy atom. The van der Waals surface area contributed by atoms with E-state index < -0.39 is 40.0 Å². The molecule has 7 aromatic rings. The van der Waals surface area contributed by atoms with E-state index in [0.717, 1.165) is 36.8 Å². The maximum Gasteiger partial charge on any atom is 0.410 e. The highest BCUT2D eigenvalue weighted by atomic mass is 35.5. The smallest absolute Gasteiger partial charge is 0.410 e. The van der Waals surface area contributed by atoms with Crippen molar-refractivity contribution in [3.8, 4) is 45.5 Å². The van der Waals surface area contributed by atoms with Crippen molar-refractivity contribution < 1.29 is 57.1 Å². The molecule has 0 radical (unpaired) electrons. The van der Waals surface area contributed by atoms with Crippen molar-refractivity contribution in [2.45, 2.75) is 134 Å². The van der Waals surface area contributed by atoms with Gasteiger partial charge in [-0.3, -0.25) is 9.59 Å². The van der Waals surface area contributed by atoms with Gasteiger partial charge >= 0.3 is 6.09 Å². The van der Waals surface area contributed by atoms with E-state index in [9.17, 15) is 33.4 Å². The summed E-state index contributed by atoms with van der Waals surface area (Å²) in [6.45, 7) is 11.1. The third-order valence-electron chi connectivity index (χ3n) is 15.8. The molecule has 2 aromatic heterocycles. The number of aliphatic hydroxyl groups is 2. The second kappa shape index (κ2) is 27.1. The van der Waals surface area contributed by atoms with E-state index in [4.69, 9.17) is 56.9 Å². The number of hydrogen-bond acceptors (Lipinski definition) is 13. The summed E-state index contributed by atoms with van der Waals surface area (Å²) in [5, 5.41) is 26.5. The lowest BCUT2D eigenvalue weighted by atomic mass is 9.87. The summed E-state index contributed by atoms with van der Waals surface area (Å²) in [6, 6.07) is 35.5. The summed E-state index contributed by atoms with van der Waals surface area (Å²) < 4.78 is 56.1. The highest BCUT2D eigenvalue weighted by Crippen LogP contribution is 2.40. The topological polar surface area (TPSA) is 179 Å². The van der Waals surface area contributed by atoms with Gasteiger partial charge in [-0.15, -0.1) is 0 Å². The fraction of sp³-hybridized carbons (Fsp3) is 0.368. The monoisotopic (exact) mass is 1210 g/mol. The number of hydrogen-bond donors (Lipinski definition) is 3. The molecule has 0 aliphatic heterocycles. The molecule has 0 saturated heterocycles. The van der Waals surface area contributed by atoms with E-state index >= 15 is 0 Å². The number of methoxy groups -OCH3 is 2. The number of halogens is 4. The van der Waals surface area contributed by atoms with E-state index in [0.29, 0.717) is 67.9 Å². The number of aromatic nitrogens is 2. The first kappa shape index (κ1) is 64.5. The van der Waals surface area contributed by atoms with Crippen LogP contribution in [-0.2, 0) is 33.6 Å². The van der Waals surface area contributed by atoms with Gasteiger partial charge in [0, 0.05) is 47.7 Å². The number of nitrogens with one attached hydrogen (secondary N) is 1. The Kier molecular flexibility index (Phi) is 20.3. The summed E-state index contributed by atoms with van der Waals surface area (Å²) in [5.74, 6) is 0.803.